The molecule has 2 N–H and O–H groups in total. The molecule has 1 aromatic rings. The summed E-state index contributed by atoms with van der Waals surface area (Å²) < 4.78 is 5.94. The average molecular weight is 381 g/mol. The van der Waals surface area contributed by atoms with Crippen molar-refractivity contribution in [3.8, 4) is 5.75 Å². The molecule has 0 bridgehead atoms. The molecule has 0 amide bonds. The van der Waals surface area contributed by atoms with Gasteiger partial charge in [-0.05, 0) is 68.7 Å². The second-order valence-corrected chi connectivity index (χ2v) is 7.76. The van der Waals surface area contributed by atoms with E-state index < -0.39 is 12.1 Å². The van der Waals surface area contributed by atoms with Gasteiger partial charge in [-0.25, -0.2) is 0 Å². The number of allylic oxidation sites excluding steroid dienone is 2. The fourth-order valence-corrected chi connectivity index (χ4v) is 3.90. The number of unbranched alkanes of at least 4 members (excludes halogenated alkanes) is 1. The minimum absolute atomic E-state index is 0.00257. The normalized spacial score (nSPS) is 25.7. The maximum atomic E-state index is 10.5. The Kier molecular flexibility index (Phi) is 7.98. The number of benzene rings is 1. The molecule has 5 heteroatoms. The van der Waals surface area contributed by atoms with Crippen LogP contribution in [0.4, 0.5) is 0 Å². The van der Waals surface area contributed by atoms with Crippen LogP contribution in [0.2, 0.25) is 0 Å². The van der Waals surface area contributed by atoms with Crippen LogP contribution in [0.25, 0.3) is 0 Å². The molecule has 0 saturated heterocycles. The third-order valence-corrected chi connectivity index (χ3v) is 5.73. The third-order valence-electron chi connectivity index (χ3n) is 5.23. The van der Waals surface area contributed by atoms with Gasteiger partial charge in [0.2, 0.25) is 0 Å². The molecule has 1 aliphatic carbocycles. The summed E-state index contributed by atoms with van der Waals surface area (Å²) in [5.74, 6) is 0.222. The summed E-state index contributed by atoms with van der Waals surface area (Å²) in [4.78, 5) is 10.5. The Labute approximate surface area is 160 Å². The number of halogens is 1. The van der Waals surface area contributed by atoms with Crippen molar-refractivity contribution in [2.75, 3.05) is 6.61 Å². The number of aryl methyl sites for hydroxylation is 2. The first kappa shape index (κ1) is 20.8. The number of aliphatic hydroxyl groups excluding tert-OH is 1. The van der Waals surface area contributed by atoms with Crippen LogP contribution >= 0.6 is 11.6 Å². The molecule has 2 rings (SSSR count). The zero-order valence-electron chi connectivity index (χ0n) is 15.5. The zero-order chi connectivity index (χ0) is 19.1. The smallest absolute Gasteiger partial charge is 0.303 e. The van der Waals surface area contributed by atoms with Gasteiger partial charge in [0.05, 0.1) is 12.7 Å². The fourth-order valence-electron chi connectivity index (χ4n) is 3.43. The molecule has 1 aliphatic rings. The SMILES string of the molecule is Cc1ccc(OC[C@H]2[C@H](O)CC(Cl)[C@@H]2CC=CCCCC(=O)O)cc1C. The number of ether oxygens (including phenoxy) is 1. The number of hydrogen-bond donors (Lipinski definition) is 2. The summed E-state index contributed by atoms with van der Waals surface area (Å²) in [6, 6.07) is 6.02. The van der Waals surface area contributed by atoms with E-state index in [4.69, 9.17) is 21.4 Å². The van der Waals surface area contributed by atoms with Gasteiger partial charge in [0.25, 0.3) is 0 Å². The van der Waals surface area contributed by atoms with Gasteiger partial charge in [0, 0.05) is 17.7 Å². The second kappa shape index (κ2) is 9.98. The maximum Gasteiger partial charge on any atom is 0.303 e. The Balaban J connectivity index is 1.87. The van der Waals surface area contributed by atoms with Gasteiger partial charge in [-0.2, -0.15) is 0 Å². The molecule has 0 spiro atoms. The van der Waals surface area contributed by atoms with E-state index >= 15 is 0 Å². The molecule has 0 radical (unpaired) electrons. The number of aliphatic carboxylic acids is 1. The summed E-state index contributed by atoms with van der Waals surface area (Å²) in [7, 11) is 0. The van der Waals surface area contributed by atoms with Gasteiger partial charge >= 0.3 is 5.97 Å². The summed E-state index contributed by atoms with van der Waals surface area (Å²) in [5.41, 5.74) is 2.41. The van der Waals surface area contributed by atoms with Crippen LogP contribution in [0.3, 0.4) is 0 Å². The van der Waals surface area contributed by atoms with E-state index in [9.17, 15) is 9.90 Å². The predicted molar refractivity (Wildman–Crippen MR) is 104 cm³/mol. The lowest BCUT2D eigenvalue weighted by Gasteiger charge is -2.23. The first-order valence-electron chi connectivity index (χ1n) is 9.27. The van der Waals surface area contributed by atoms with Crippen LogP contribution < -0.4 is 4.74 Å². The highest BCUT2D eigenvalue weighted by Gasteiger charge is 2.41. The largest absolute Gasteiger partial charge is 0.493 e. The molecule has 1 fully saturated rings. The van der Waals surface area contributed by atoms with E-state index in [-0.39, 0.29) is 23.6 Å². The highest BCUT2D eigenvalue weighted by atomic mass is 35.5. The molecule has 144 valence electrons. The van der Waals surface area contributed by atoms with Gasteiger partial charge < -0.3 is 14.9 Å². The zero-order valence-corrected chi connectivity index (χ0v) is 16.3. The van der Waals surface area contributed by atoms with Crippen LogP contribution in [0.5, 0.6) is 5.75 Å². The minimum atomic E-state index is -0.762. The lowest BCUT2D eigenvalue weighted by molar-refractivity contribution is -0.137. The van der Waals surface area contributed by atoms with Gasteiger partial charge in [-0.3, -0.25) is 4.79 Å². The Morgan fingerprint density at radius 1 is 1.27 bits per heavy atom. The van der Waals surface area contributed by atoms with Crippen LogP contribution in [0.1, 0.15) is 43.2 Å². The molecule has 4 nitrogen and oxygen atoms in total. The van der Waals surface area contributed by atoms with Crippen LogP contribution in [0.15, 0.2) is 30.4 Å². The number of alkyl halides is 1. The summed E-state index contributed by atoms with van der Waals surface area (Å²) >= 11 is 6.45. The molecule has 0 aromatic heterocycles. The van der Waals surface area contributed by atoms with Crippen LogP contribution in [-0.4, -0.2) is 34.3 Å². The van der Waals surface area contributed by atoms with Crippen molar-refractivity contribution >= 4 is 17.6 Å². The molecule has 26 heavy (non-hydrogen) atoms. The van der Waals surface area contributed by atoms with Crippen molar-refractivity contribution in [3.63, 3.8) is 0 Å². The molecule has 0 aliphatic heterocycles. The molecule has 1 aromatic carbocycles. The first-order chi connectivity index (χ1) is 12.4. The van der Waals surface area contributed by atoms with Crippen LogP contribution in [0, 0.1) is 25.7 Å². The molecule has 0 heterocycles. The van der Waals surface area contributed by atoms with Crippen molar-refractivity contribution in [1.29, 1.82) is 0 Å². The lowest BCUT2D eigenvalue weighted by atomic mass is 9.92. The van der Waals surface area contributed by atoms with E-state index in [1.165, 1.54) is 11.1 Å². The molecule has 1 unspecified atom stereocenters. The summed E-state index contributed by atoms with van der Waals surface area (Å²) in [5, 5.41) is 18.9. The highest BCUT2D eigenvalue weighted by Crippen LogP contribution is 2.39. The third kappa shape index (κ3) is 6.03. The van der Waals surface area contributed by atoms with Crippen molar-refractivity contribution in [2.24, 2.45) is 11.8 Å². The van der Waals surface area contributed by atoms with E-state index in [0.29, 0.717) is 19.4 Å². The first-order valence-corrected chi connectivity index (χ1v) is 9.71. The monoisotopic (exact) mass is 380 g/mol. The van der Waals surface area contributed by atoms with Crippen molar-refractivity contribution in [3.05, 3.63) is 41.5 Å². The Bertz CT molecular complexity index is 628. The van der Waals surface area contributed by atoms with Crippen molar-refractivity contribution < 1.29 is 19.7 Å². The van der Waals surface area contributed by atoms with Gasteiger partial charge in [-0.15, -0.1) is 11.6 Å². The number of carboxylic acid groups (broad SMARTS) is 1. The molecular weight excluding hydrogens is 352 g/mol. The van der Waals surface area contributed by atoms with E-state index in [2.05, 4.69) is 19.9 Å². The Morgan fingerprint density at radius 3 is 2.73 bits per heavy atom. The second-order valence-electron chi connectivity index (χ2n) is 7.20. The number of rotatable bonds is 9. The van der Waals surface area contributed by atoms with E-state index in [1.54, 1.807) is 0 Å². The van der Waals surface area contributed by atoms with Crippen molar-refractivity contribution in [2.45, 2.75) is 57.4 Å². The van der Waals surface area contributed by atoms with Gasteiger partial charge in [0.1, 0.15) is 5.75 Å². The Hall–Kier alpha value is -1.52. The molecule has 4 atom stereocenters. The number of aliphatic hydroxyl groups is 1. The lowest BCUT2D eigenvalue weighted by Crippen LogP contribution is -2.27. The summed E-state index contributed by atoms with van der Waals surface area (Å²) in [6.45, 7) is 4.57. The van der Waals surface area contributed by atoms with Crippen LogP contribution in [-0.2, 0) is 4.79 Å². The fraction of sp³-hybridized carbons (Fsp3) is 0.571. The topological polar surface area (TPSA) is 66.8 Å². The Morgan fingerprint density at radius 2 is 2.04 bits per heavy atom. The maximum absolute atomic E-state index is 10.5. The van der Waals surface area contributed by atoms with Crippen molar-refractivity contribution in [1.82, 2.24) is 0 Å². The quantitative estimate of drug-likeness (QED) is 0.376. The standard InChI is InChI=1S/C21H29ClO4/c1-14-9-10-16(11-15(14)2)26-13-18-17(19(22)12-20(18)23)7-5-3-4-6-8-21(24)25/h3,5,9-11,17-20,23H,4,6-8,12-13H2,1-2H3,(H,24,25)/t17-,18-,19?,20-/m1/s1. The highest BCUT2D eigenvalue weighted by molar-refractivity contribution is 6.21. The minimum Gasteiger partial charge on any atom is -0.493 e. The summed E-state index contributed by atoms with van der Waals surface area (Å²) in [6.07, 6.45) is 6.56. The predicted octanol–water partition coefficient (Wildman–Crippen LogP) is 4.49. The van der Waals surface area contributed by atoms with E-state index in [0.717, 1.165) is 18.6 Å². The number of carbonyl (C=O) groups is 1. The molecular formula is C21H29ClO4. The number of hydrogen-bond acceptors (Lipinski definition) is 3. The van der Waals surface area contributed by atoms with Gasteiger partial charge in [-0.1, -0.05) is 18.2 Å². The van der Waals surface area contributed by atoms with Gasteiger partial charge in [0.15, 0.2) is 0 Å². The molecule has 1 saturated carbocycles. The average Bonchev–Trinajstić information content (AvgIpc) is 2.85. The van der Waals surface area contributed by atoms with E-state index in [1.807, 2.05) is 24.3 Å². The number of carboxylic acids is 1.